The lowest BCUT2D eigenvalue weighted by Gasteiger charge is -2.21. The second-order valence-electron chi connectivity index (χ2n) is 5.94. The third-order valence-corrected chi connectivity index (χ3v) is 4.01. The zero-order chi connectivity index (χ0) is 21.2. The maximum absolute atomic E-state index is 12.6. The van der Waals surface area contributed by atoms with Crippen molar-refractivity contribution in [3.63, 3.8) is 0 Å². The van der Waals surface area contributed by atoms with Crippen LogP contribution < -0.4 is 9.64 Å². The summed E-state index contributed by atoms with van der Waals surface area (Å²) in [5.41, 5.74) is 0.185. The van der Waals surface area contributed by atoms with E-state index in [9.17, 15) is 24.5 Å². The summed E-state index contributed by atoms with van der Waals surface area (Å²) in [6.07, 6.45) is 0.826. The minimum atomic E-state index is -0.662. The van der Waals surface area contributed by atoms with Crippen LogP contribution in [0.15, 0.2) is 48.5 Å². The lowest BCUT2D eigenvalue weighted by Crippen LogP contribution is -2.36. The van der Waals surface area contributed by atoms with Crippen LogP contribution >= 0.6 is 0 Å². The Kier molecular flexibility index (Phi) is 7.84. The fourth-order valence-electron chi connectivity index (χ4n) is 2.54. The van der Waals surface area contributed by atoms with Gasteiger partial charge in [0, 0.05) is 12.1 Å². The molecule has 0 heterocycles. The summed E-state index contributed by atoms with van der Waals surface area (Å²) >= 11 is 0. The van der Waals surface area contributed by atoms with E-state index in [0.29, 0.717) is 18.4 Å². The fourth-order valence-corrected chi connectivity index (χ4v) is 2.54. The van der Waals surface area contributed by atoms with E-state index >= 15 is 0 Å². The maximum Gasteiger partial charge on any atom is 0.325 e. The lowest BCUT2D eigenvalue weighted by atomic mass is 10.2. The molecule has 0 radical (unpaired) electrons. The molecule has 0 unspecified atom stereocenters. The quantitative estimate of drug-likeness (QED) is 0.198. The van der Waals surface area contributed by atoms with Gasteiger partial charge >= 0.3 is 5.97 Å². The number of rotatable bonds is 10. The number of ether oxygens (including phenoxy) is 2. The van der Waals surface area contributed by atoms with Gasteiger partial charge in [0.2, 0.25) is 5.91 Å². The van der Waals surface area contributed by atoms with Crippen molar-refractivity contribution in [2.24, 2.45) is 0 Å². The first-order valence-corrected chi connectivity index (χ1v) is 8.75. The molecule has 0 spiro atoms. The Morgan fingerprint density at radius 3 is 2.52 bits per heavy atom. The number of nitro groups is 1. The van der Waals surface area contributed by atoms with Gasteiger partial charge in [0.05, 0.1) is 30.3 Å². The number of hydrogen-bond acceptors (Lipinski definition) is 7. The van der Waals surface area contributed by atoms with Gasteiger partial charge in [-0.25, -0.2) is 0 Å². The molecule has 0 aliphatic carbocycles. The molecule has 29 heavy (non-hydrogen) atoms. The third-order valence-electron chi connectivity index (χ3n) is 4.01. The van der Waals surface area contributed by atoms with Crippen molar-refractivity contribution in [1.82, 2.24) is 0 Å². The summed E-state index contributed by atoms with van der Waals surface area (Å²) < 4.78 is 10.1. The molecule has 0 bridgehead atoms. The molecule has 0 aliphatic rings. The van der Waals surface area contributed by atoms with Crippen LogP contribution in [0, 0.1) is 10.1 Å². The molecule has 0 aromatic heterocycles. The molecule has 2 aromatic rings. The number of amides is 1. The van der Waals surface area contributed by atoms with Crippen molar-refractivity contribution in [2.75, 3.05) is 25.2 Å². The van der Waals surface area contributed by atoms with E-state index in [-0.39, 0.29) is 42.5 Å². The van der Waals surface area contributed by atoms with Crippen molar-refractivity contribution >= 4 is 29.5 Å². The zero-order valence-electron chi connectivity index (χ0n) is 15.8. The molecule has 0 fully saturated rings. The topological polar surface area (TPSA) is 116 Å². The van der Waals surface area contributed by atoms with Crippen LogP contribution in [0.4, 0.5) is 11.4 Å². The van der Waals surface area contributed by atoms with Gasteiger partial charge in [-0.05, 0) is 30.7 Å². The summed E-state index contributed by atoms with van der Waals surface area (Å²) in [7, 11) is 1.25. The number of carbonyl (C=O) groups is 3. The van der Waals surface area contributed by atoms with Crippen LogP contribution in [0.1, 0.15) is 23.2 Å². The normalized spacial score (nSPS) is 10.1. The molecule has 9 nitrogen and oxygen atoms in total. The first-order valence-electron chi connectivity index (χ1n) is 8.75. The zero-order valence-corrected chi connectivity index (χ0v) is 15.8. The Bertz CT molecular complexity index is 884. The summed E-state index contributed by atoms with van der Waals surface area (Å²) in [5, 5.41) is 11.0. The van der Waals surface area contributed by atoms with E-state index < -0.39 is 10.9 Å². The Labute approximate surface area is 167 Å². The van der Waals surface area contributed by atoms with Crippen molar-refractivity contribution in [3.05, 3.63) is 64.2 Å². The SMILES string of the molecule is COC(=O)CN(C(=O)CCCOc1ccc(C=O)c([N+](=O)[O-])c1)c1ccccc1. The molecule has 0 atom stereocenters. The van der Waals surface area contributed by atoms with Gasteiger partial charge in [-0.15, -0.1) is 0 Å². The molecule has 2 aromatic carbocycles. The van der Waals surface area contributed by atoms with Crippen LogP contribution in [-0.4, -0.2) is 43.3 Å². The number of carbonyl (C=O) groups excluding carboxylic acids is 3. The monoisotopic (exact) mass is 400 g/mol. The molecule has 0 saturated carbocycles. The maximum atomic E-state index is 12.6. The second kappa shape index (κ2) is 10.5. The van der Waals surface area contributed by atoms with E-state index in [2.05, 4.69) is 4.74 Å². The summed E-state index contributed by atoms with van der Waals surface area (Å²) in [4.78, 5) is 46.7. The van der Waals surface area contributed by atoms with E-state index in [1.807, 2.05) is 0 Å². The highest BCUT2D eigenvalue weighted by molar-refractivity contribution is 5.97. The van der Waals surface area contributed by atoms with Gasteiger partial charge in [0.1, 0.15) is 12.3 Å². The minimum Gasteiger partial charge on any atom is -0.493 e. The predicted octanol–water partition coefficient (Wildman–Crippen LogP) is 2.77. The number of hydrogen-bond donors (Lipinski definition) is 0. The van der Waals surface area contributed by atoms with Gasteiger partial charge in [0.25, 0.3) is 5.69 Å². The van der Waals surface area contributed by atoms with E-state index in [0.717, 1.165) is 0 Å². The Hall–Kier alpha value is -3.75. The Balaban J connectivity index is 1.95. The average Bonchev–Trinajstić information content (AvgIpc) is 2.75. The van der Waals surface area contributed by atoms with Crippen molar-refractivity contribution < 1.29 is 28.8 Å². The molecule has 0 saturated heterocycles. The molecular weight excluding hydrogens is 380 g/mol. The van der Waals surface area contributed by atoms with Gasteiger partial charge in [-0.2, -0.15) is 0 Å². The molecule has 152 valence electrons. The van der Waals surface area contributed by atoms with Gasteiger partial charge < -0.3 is 14.4 Å². The molecule has 9 heteroatoms. The van der Waals surface area contributed by atoms with Gasteiger partial charge in [-0.3, -0.25) is 24.5 Å². The van der Waals surface area contributed by atoms with E-state index in [4.69, 9.17) is 4.74 Å². The first-order chi connectivity index (χ1) is 14.0. The molecule has 0 N–H and O–H groups in total. The van der Waals surface area contributed by atoms with Crippen LogP contribution in [0.3, 0.4) is 0 Å². The van der Waals surface area contributed by atoms with Crippen molar-refractivity contribution in [2.45, 2.75) is 12.8 Å². The first kappa shape index (κ1) is 21.5. The minimum absolute atomic E-state index is 0.0427. The second-order valence-corrected chi connectivity index (χ2v) is 5.94. The molecule has 1 amide bonds. The van der Waals surface area contributed by atoms with Crippen LogP contribution in [0.25, 0.3) is 0 Å². The highest BCUT2D eigenvalue weighted by atomic mass is 16.6. The highest BCUT2D eigenvalue weighted by Gasteiger charge is 2.19. The summed E-state index contributed by atoms with van der Waals surface area (Å²) in [6.45, 7) is -0.0796. The number of aldehydes is 1. The van der Waals surface area contributed by atoms with E-state index in [1.54, 1.807) is 30.3 Å². The average molecular weight is 400 g/mol. The predicted molar refractivity (Wildman–Crippen MR) is 104 cm³/mol. The standard InChI is InChI=1S/C20H20N2O7/c1-28-20(25)13-21(16-6-3-2-4-7-16)19(24)8-5-11-29-17-10-9-15(14-23)18(12-17)22(26)27/h2-4,6-7,9-10,12,14H,5,8,11,13H2,1H3. The smallest absolute Gasteiger partial charge is 0.325 e. The molecular formula is C20H20N2O7. The number of benzene rings is 2. The Morgan fingerprint density at radius 1 is 1.17 bits per heavy atom. The summed E-state index contributed by atoms with van der Waals surface area (Å²) in [6, 6.07) is 12.7. The lowest BCUT2D eigenvalue weighted by molar-refractivity contribution is -0.385. The van der Waals surface area contributed by atoms with Crippen LogP contribution in [-0.2, 0) is 14.3 Å². The largest absolute Gasteiger partial charge is 0.493 e. The number of nitro benzene ring substituents is 1. The number of esters is 1. The van der Waals surface area contributed by atoms with Gasteiger partial charge in [-0.1, -0.05) is 18.2 Å². The van der Waals surface area contributed by atoms with Crippen molar-refractivity contribution in [1.29, 1.82) is 0 Å². The number of anilines is 1. The highest BCUT2D eigenvalue weighted by Crippen LogP contribution is 2.23. The van der Waals surface area contributed by atoms with Crippen LogP contribution in [0.5, 0.6) is 5.75 Å². The summed E-state index contributed by atoms with van der Waals surface area (Å²) in [5.74, 6) is -0.599. The molecule has 0 aliphatic heterocycles. The fraction of sp³-hybridized carbons (Fsp3) is 0.250. The number of nitrogens with zero attached hydrogens (tertiary/aromatic N) is 2. The molecule has 2 rings (SSSR count). The number of methoxy groups -OCH3 is 1. The van der Waals surface area contributed by atoms with Crippen molar-refractivity contribution in [3.8, 4) is 5.75 Å². The van der Waals surface area contributed by atoms with E-state index in [1.165, 1.54) is 30.2 Å². The van der Waals surface area contributed by atoms with Gasteiger partial charge in [0.15, 0.2) is 6.29 Å². The Morgan fingerprint density at radius 2 is 1.90 bits per heavy atom. The number of para-hydroxylation sites is 1. The van der Waals surface area contributed by atoms with Crippen LogP contribution in [0.2, 0.25) is 0 Å². The third kappa shape index (κ3) is 6.13.